The molecule has 0 radical (unpaired) electrons. The zero-order valence-electron chi connectivity index (χ0n) is 16.7. The van der Waals surface area contributed by atoms with Crippen molar-refractivity contribution in [2.75, 3.05) is 19.6 Å². The van der Waals surface area contributed by atoms with E-state index in [1.807, 2.05) is 30.3 Å². The molecule has 7 heteroatoms. The predicted molar refractivity (Wildman–Crippen MR) is 110 cm³/mol. The molecule has 1 aliphatic heterocycles. The first kappa shape index (κ1) is 19.6. The number of nitriles is 1. The van der Waals surface area contributed by atoms with Crippen LogP contribution in [0.25, 0.3) is 11.4 Å². The van der Waals surface area contributed by atoms with E-state index < -0.39 is 5.54 Å². The van der Waals surface area contributed by atoms with E-state index in [0.29, 0.717) is 12.4 Å². The average Bonchev–Trinajstić information content (AvgIpc) is 3.25. The SMILES string of the molecule is N#CC1(NC(=O)CN2CCC[C@H](c3nc(-c4ccccc4)n[nH]3)C2)CCCCC1. The molecule has 0 unspecified atom stereocenters. The van der Waals surface area contributed by atoms with Crippen molar-refractivity contribution in [2.45, 2.75) is 56.4 Å². The molecule has 4 rings (SSSR count). The quantitative estimate of drug-likeness (QED) is 0.815. The van der Waals surface area contributed by atoms with Crippen LogP contribution in [0.15, 0.2) is 30.3 Å². The fourth-order valence-corrected chi connectivity index (χ4v) is 4.53. The normalized spacial score (nSPS) is 22.0. The first-order chi connectivity index (χ1) is 14.2. The first-order valence-electron chi connectivity index (χ1n) is 10.6. The molecule has 29 heavy (non-hydrogen) atoms. The number of hydrogen-bond acceptors (Lipinski definition) is 5. The molecule has 2 heterocycles. The van der Waals surface area contributed by atoms with E-state index in [4.69, 9.17) is 4.98 Å². The molecule has 0 spiro atoms. The fourth-order valence-electron chi connectivity index (χ4n) is 4.53. The van der Waals surface area contributed by atoms with E-state index in [2.05, 4.69) is 26.5 Å². The lowest BCUT2D eigenvalue weighted by atomic mass is 9.83. The van der Waals surface area contributed by atoms with Crippen LogP contribution in [-0.2, 0) is 4.79 Å². The van der Waals surface area contributed by atoms with Crippen molar-refractivity contribution in [3.63, 3.8) is 0 Å². The Morgan fingerprint density at radius 1 is 1.24 bits per heavy atom. The van der Waals surface area contributed by atoms with Gasteiger partial charge in [-0.1, -0.05) is 49.6 Å². The summed E-state index contributed by atoms with van der Waals surface area (Å²) in [6, 6.07) is 12.3. The molecule has 1 saturated carbocycles. The van der Waals surface area contributed by atoms with Crippen molar-refractivity contribution in [3.8, 4) is 17.5 Å². The number of likely N-dealkylation sites (tertiary alicyclic amines) is 1. The Morgan fingerprint density at radius 2 is 2.03 bits per heavy atom. The van der Waals surface area contributed by atoms with Crippen molar-refractivity contribution in [2.24, 2.45) is 0 Å². The molecule has 1 saturated heterocycles. The first-order valence-corrected chi connectivity index (χ1v) is 10.6. The van der Waals surface area contributed by atoms with E-state index >= 15 is 0 Å². The van der Waals surface area contributed by atoms with E-state index in [0.717, 1.165) is 69.4 Å². The highest BCUT2D eigenvalue weighted by Crippen LogP contribution is 2.28. The summed E-state index contributed by atoms with van der Waals surface area (Å²) in [5, 5.41) is 20.1. The summed E-state index contributed by atoms with van der Waals surface area (Å²) in [7, 11) is 0. The maximum Gasteiger partial charge on any atom is 0.235 e. The maximum absolute atomic E-state index is 12.6. The molecule has 1 amide bonds. The summed E-state index contributed by atoms with van der Waals surface area (Å²) in [5.41, 5.74) is 0.330. The standard InChI is InChI=1S/C22H28N6O/c23-16-22(11-5-2-6-12-22)25-19(29)15-28-13-7-10-18(14-28)21-24-20(26-27-21)17-8-3-1-4-9-17/h1,3-4,8-9,18H,2,5-7,10-15H2,(H,25,29)(H,24,26,27)/t18-/m0/s1. The Labute approximate surface area is 171 Å². The van der Waals surface area contributed by atoms with Crippen LogP contribution in [-0.4, -0.2) is 51.2 Å². The van der Waals surface area contributed by atoms with Gasteiger partial charge in [0.1, 0.15) is 11.4 Å². The molecule has 1 atom stereocenters. The third-order valence-corrected chi connectivity index (χ3v) is 6.09. The van der Waals surface area contributed by atoms with Gasteiger partial charge in [0.05, 0.1) is 12.6 Å². The molecule has 2 fully saturated rings. The lowest BCUT2D eigenvalue weighted by Crippen LogP contribution is -2.52. The minimum absolute atomic E-state index is 0.0448. The van der Waals surface area contributed by atoms with Gasteiger partial charge in [-0.15, -0.1) is 0 Å². The largest absolute Gasteiger partial charge is 0.337 e. The van der Waals surface area contributed by atoms with Gasteiger partial charge in [-0.05, 0) is 32.2 Å². The fraction of sp³-hybridized carbons (Fsp3) is 0.545. The van der Waals surface area contributed by atoms with Gasteiger partial charge < -0.3 is 5.32 Å². The molecule has 1 aromatic carbocycles. The van der Waals surface area contributed by atoms with Crippen LogP contribution in [0.2, 0.25) is 0 Å². The number of nitrogens with one attached hydrogen (secondary N) is 2. The molecule has 2 aromatic rings. The second-order valence-corrected chi connectivity index (χ2v) is 8.29. The summed E-state index contributed by atoms with van der Waals surface area (Å²) >= 11 is 0. The summed E-state index contributed by atoms with van der Waals surface area (Å²) in [4.78, 5) is 19.5. The third kappa shape index (κ3) is 4.65. The summed E-state index contributed by atoms with van der Waals surface area (Å²) in [6.07, 6.45) is 6.74. The van der Waals surface area contributed by atoms with Crippen LogP contribution in [0.3, 0.4) is 0 Å². The number of aromatic amines is 1. The second kappa shape index (κ2) is 8.75. The predicted octanol–water partition coefficient (Wildman–Crippen LogP) is 2.99. The van der Waals surface area contributed by atoms with Crippen molar-refractivity contribution in [3.05, 3.63) is 36.2 Å². The third-order valence-electron chi connectivity index (χ3n) is 6.09. The van der Waals surface area contributed by atoms with Crippen LogP contribution >= 0.6 is 0 Å². The summed E-state index contributed by atoms with van der Waals surface area (Å²) in [6.45, 7) is 2.00. The molecular formula is C22H28N6O. The van der Waals surface area contributed by atoms with E-state index in [1.165, 1.54) is 0 Å². The minimum Gasteiger partial charge on any atom is -0.337 e. The molecule has 2 N–H and O–H groups in total. The van der Waals surface area contributed by atoms with Gasteiger partial charge in [0.15, 0.2) is 5.82 Å². The van der Waals surface area contributed by atoms with Gasteiger partial charge in [0, 0.05) is 18.0 Å². The van der Waals surface area contributed by atoms with Gasteiger partial charge in [0.25, 0.3) is 0 Å². The molecule has 1 aliphatic carbocycles. The van der Waals surface area contributed by atoms with Crippen molar-refractivity contribution >= 4 is 5.91 Å². The number of carbonyl (C=O) groups excluding carboxylic acids is 1. The van der Waals surface area contributed by atoms with Gasteiger partial charge in [-0.3, -0.25) is 14.8 Å². The number of amides is 1. The Balaban J connectivity index is 1.36. The lowest BCUT2D eigenvalue weighted by molar-refractivity contribution is -0.124. The van der Waals surface area contributed by atoms with Crippen molar-refractivity contribution in [1.29, 1.82) is 5.26 Å². The number of benzene rings is 1. The summed E-state index contributed by atoms with van der Waals surface area (Å²) in [5.74, 6) is 1.79. The van der Waals surface area contributed by atoms with Crippen molar-refractivity contribution in [1.82, 2.24) is 25.4 Å². The maximum atomic E-state index is 12.6. The average molecular weight is 393 g/mol. The van der Waals surface area contributed by atoms with Crippen LogP contribution in [0.1, 0.15) is 56.7 Å². The number of piperidine rings is 1. The number of H-pyrrole nitrogens is 1. The number of rotatable bonds is 5. The van der Waals surface area contributed by atoms with E-state index in [-0.39, 0.29) is 11.8 Å². The molecule has 0 bridgehead atoms. The molecule has 152 valence electrons. The topological polar surface area (TPSA) is 97.7 Å². The zero-order chi connectivity index (χ0) is 20.1. The number of nitrogens with zero attached hydrogens (tertiary/aromatic N) is 4. The zero-order valence-corrected chi connectivity index (χ0v) is 16.7. The van der Waals surface area contributed by atoms with Crippen LogP contribution in [0, 0.1) is 11.3 Å². The van der Waals surface area contributed by atoms with Crippen LogP contribution in [0.5, 0.6) is 0 Å². The molecule has 7 nitrogen and oxygen atoms in total. The highest BCUT2D eigenvalue weighted by molar-refractivity contribution is 5.79. The van der Waals surface area contributed by atoms with Gasteiger partial charge >= 0.3 is 0 Å². The van der Waals surface area contributed by atoms with Gasteiger partial charge in [-0.25, -0.2) is 4.98 Å². The van der Waals surface area contributed by atoms with E-state index in [1.54, 1.807) is 0 Å². The number of aromatic nitrogens is 3. The van der Waals surface area contributed by atoms with Crippen LogP contribution < -0.4 is 5.32 Å². The highest BCUT2D eigenvalue weighted by Gasteiger charge is 2.34. The summed E-state index contributed by atoms with van der Waals surface area (Å²) < 4.78 is 0. The Morgan fingerprint density at radius 3 is 2.79 bits per heavy atom. The van der Waals surface area contributed by atoms with Gasteiger partial charge in [-0.2, -0.15) is 10.4 Å². The van der Waals surface area contributed by atoms with Crippen molar-refractivity contribution < 1.29 is 4.79 Å². The Kier molecular flexibility index (Phi) is 5.91. The highest BCUT2D eigenvalue weighted by atomic mass is 16.2. The second-order valence-electron chi connectivity index (χ2n) is 8.29. The van der Waals surface area contributed by atoms with Gasteiger partial charge in [0.2, 0.25) is 5.91 Å². The Bertz CT molecular complexity index is 865. The number of carbonyl (C=O) groups is 1. The molecule has 1 aromatic heterocycles. The van der Waals surface area contributed by atoms with E-state index in [9.17, 15) is 10.1 Å². The number of hydrogen-bond donors (Lipinski definition) is 2. The molecular weight excluding hydrogens is 364 g/mol. The van der Waals surface area contributed by atoms with Crippen LogP contribution in [0.4, 0.5) is 0 Å². The molecule has 2 aliphatic rings. The lowest BCUT2D eigenvalue weighted by Gasteiger charge is -2.34. The smallest absolute Gasteiger partial charge is 0.235 e. The Hall–Kier alpha value is -2.72. The minimum atomic E-state index is -0.667. The monoisotopic (exact) mass is 392 g/mol.